The van der Waals surface area contributed by atoms with Crippen molar-refractivity contribution >= 4 is 63.2 Å². The Morgan fingerprint density at radius 3 is 2.67 bits per heavy atom. The van der Waals surface area contributed by atoms with Crippen LogP contribution in [0.3, 0.4) is 0 Å². The quantitative estimate of drug-likeness (QED) is 0.281. The van der Waals surface area contributed by atoms with Crippen LogP contribution in [-0.4, -0.2) is 28.6 Å². The third-order valence-electron chi connectivity index (χ3n) is 3.13. The monoisotopic (exact) mass is 440 g/mol. The summed E-state index contributed by atoms with van der Waals surface area (Å²) in [4.78, 5) is 12.0. The van der Waals surface area contributed by atoms with Gasteiger partial charge in [0.05, 0.1) is 16.7 Å². The molecule has 0 fully saturated rings. The van der Waals surface area contributed by atoms with Crippen molar-refractivity contribution in [2.45, 2.75) is 4.34 Å². The van der Waals surface area contributed by atoms with Crippen LogP contribution in [0.5, 0.6) is 5.75 Å². The second-order valence-corrected chi connectivity index (χ2v) is 8.23. The highest BCUT2D eigenvalue weighted by molar-refractivity contribution is 8.01. The van der Waals surface area contributed by atoms with Crippen molar-refractivity contribution in [3.05, 3.63) is 58.6 Å². The van der Waals surface area contributed by atoms with Gasteiger partial charge in [0.25, 0.3) is 0 Å². The first kappa shape index (κ1) is 19.8. The summed E-state index contributed by atoms with van der Waals surface area (Å²) in [7, 11) is 0. The van der Waals surface area contributed by atoms with Crippen molar-refractivity contribution in [1.82, 2.24) is 10.2 Å². The van der Waals surface area contributed by atoms with Gasteiger partial charge in [0.1, 0.15) is 5.75 Å². The molecule has 3 aromatic rings. The number of urea groups is 1. The van der Waals surface area contributed by atoms with Crippen LogP contribution in [0.1, 0.15) is 0 Å². The van der Waals surface area contributed by atoms with Crippen LogP contribution < -0.4 is 15.4 Å². The Morgan fingerprint density at radius 2 is 1.89 bits per heavy atom. The largest absolute Gasteiger partial charge is 0.493 e. The summed E-state index contributed by atoms with van der Waals surface area (Å²) in [5.74, 6) is 1.55. The van der Waals surface area contributed by atoms with E-state index in [9.17, 15) is 4.79 Å². The maximum atomic E-state index is 12.0. The van der Waals surface area contributed by atoms with Gasteiger partial charge in [0.2, 0.25) is 5.13 Å². The van der Waals surface area contributed by atoms with Crippen molar-refractivity contribution in [3.63, 3.8) is 0 Å². The van der Waals surface area contributed by atoms with Gasteiger partial charge in [-0.3, -0.25) is 5.32 Å². The van der Waals surface area contributed by atoms with Crippen LogP contribution in [-0.2, 0) is 0 Å². The summed E-state index contributed by atoms with van der Waals surface area (Å²) in [5.41, 5.74) is 0.527. The third-order valence-corrected chi connectivity index (χ3v) is 5.80. The molecule has 6 nitrogen and oxygen atoms in total. The number of thioether (sulfide) groups is 1. The number of carbonyl (C=O) groups excluding carboxylic acids is 1. The molecule has 0 saturated carbocycles. The fourth-order valence-corrected chi connectivity index (χ4v) is 3.89. The van der Waals surface area contributed by atoms with E-state index in [-0.39, 0.29) is 0 Å². The smallest absolute Gasteiger partial charge is 0.325 e. The number of hydrogen-bond acceptors (Lipinski definition) is 6. The maximum Gasteiger partial charge on any atom is 0.325 e. The molecule has 0 aliphatic carbocycles. The molecule has 1 heterocycles. The first-order valence-electron chi connectivity index (χ1n) is 7.77. The first-order chi connectivity index (χ1) is 13.1. The minimum Gasteiger partial charge on any atom is -0.493 e. The molecule has 0 bridgehead atoms. The molecule has 27 heavy (non-hydrogen) atoms. The topological polar surface area (TPSA) is 76.1 Å². The van der Waals surface area contributed by atoms with E-state index in [1.54, 1.807) is 18.2 Å². The van der Waals surface area contributed by atoms with Gasteiger partial charge in [0, 0.05) is 11.4 Å². The number of nitrogens with zero attached hydrogens (tertiary/aromatic N) is 2. The summed E-state index contributed by atoms with van der Waals surface area (Å²) in [6, 6.07) is 14.0. The molecule has 0 unspecified atom stereocenters. The highest BCUT2D eigenvalue weighted by Gasteiger charge is 2.09. The Labute approximate surface area is 174 Å². The van der Waals surface area contributed by atoms with Crippen molar-refractivity contribution in [2.75, 3.05) is 23.0 Å². The zero-order valence-electron chi connectivity index (χ0n) is 13.8. The van der Waals surface area contributed by atoms with E-state index >= 15 is 0 Å². The number of rotatable bonds is 7. The maximum absolute atomic E-state index is 12.0. The number of nitrogens with one attached hydrogen (secondary N) is 2. The Balaban J connectivity index is 1.43. The fourth-order valence-electron chi connectivity index (χ4n) is 1.96. The Hall–Kier alpha value is -2.00. The van der Waals surface area contributed by atoms with E-state index in [0.717, 1.165) is 15.8 Å². The van der Waals surface area contributed by atoms with Crippen molar-refractivity contribution in [2.24, 2.45) is 0 Å². The summed E-state index contributed by atoms with van der Waals surface area (Å²) in [5, 5.41) is 14.5. The van der Waals surface area contributed by atoms with E-state index in [1.807, 2.05) is 30.3 Å². The molecule has 0 aliphatic rings. The fraction of sp³-hybridized carbons (Fsp3) is 0.118. The lowest BCUT2D eigenvalue weighted by atomic mass is 10.3. The second-order valence-electron chi connectivity index (χ2n) is 5.09. The third kappa shape index (κ3) is 6.28. The first-order valence-corrected chi connectivity index (χ1v) is 10.3. The minimum atomic E-state index is -0.437. The number of para-hydroxylation sites is 1. The minimum absolute atomic E-state index is 0.363. The number of halogens is 2. The Bertz CT molecular complexity index is 909. The number of carbonyl (C=O) groups is 1. The van der Waals surface area contributed by atoms with E-state index in [2.05, 4.69) is 20.8 Å². The summed E-state index contributed by atoms with van der Waals surface area (Å²) >= 11 is 14.6. The van der Waals surface area contributed by atoms with Crippen LogP contribution in [0, 0.1) is 0 Å². The average molecular weight is 441 g/mol. The Morgan fingerprint density at radius 1 is 1.07 bits per heavy atom. The van der Waals surface area contributed by atoms with Gasteiger partial charge in [-0.15, -0.1) is 10.2 Å². The molecule has 0 saturated heterocycles. The highest BCUT2D eigenvalue weighted by Crippen LogP contribution is 2.27. The molecule has 2 amide bonds. The predicted molar refractivity (Wildman–Crippen MR) is 112 cm³/mol. The van der Waals surface area contributed by atoms with Gasteiger partial charge >= 0.3 is 6.03 Å². The molecule has 0 radical (unpaired) electrons. The van der Waals surface area contributed by atoms with Gasteiger partial charge in [-0.05, 0) is 30.3 Å². The number of benzene rings is 2. The lowest BCUT2D eigenvalue weighted by Crippen LogP contribution is -2.19. The lowest BCUT2D eigenvalue weighted by Gasteiger charge is -2.06. The van der Waals surface area contributed by atoms with Crippen LogP contribution in [0.15, 0.2) is 52.9 Å². The predicted octanol–water partition coefficient (Wildman–Crippen LogP) is 5.66. The van der Waals surface area contributed by atoms with Crippen LogP contribution in [0.4, 0.5) is 15.6 Å². The normalized spacial score (nSPS) is 10.4. The standard InChI is InChI=1S/C17H14Cl2N4O2S2/c18-13-7-6-11(10-14(13)19)20-15(24)21-16-22-23-17(27-16)26-9-8-25-12-4-2-1-3-5-12/h1-7,10H,8-9H2,(H2,20,21,22,24). The van der Waals surface area contributed by atoms with Gasteiger partial charge < -0.3 is 10.1 Å². The van der Waals surface area contributed by atoms with Gasteiger partial charge in [-0.2, -0.15) is 0 Å². The zero-order chi connectivity index (χ0) is 19.1. The molecule has 10 heteroatoms. The zero-order valence-corrected chi connectivity index (χ0v) is 17.0. The molecular formula is C17H14Cl2N4O2S2. The molecule has 0 spiro atoms. The van der Waals surface area contributed by atoms with Gasteiger partial charge in [-0.1, -0.05) is 64.5 Å². The van der Waals surface area contributed by atoms with Crippen LogP contribution in [0.25, 0.3) is 0 Å². The molecule has 1 aromatic heterocycles. The van der Waals surface area contributed by atoms with Crippen molar-refractivity contribution in [3.8, 4) is 5.75 Å². The highest BCUT2D eigenvalue weighted by atomic mass is 35.5. The Kier molecular flexibility index (Phi) is 7.17. The van der Waals surface area contributed by atoms with Crippen LogP contribution in [0.2, 0.25) is 10.0 Å². The van der Waals surface area contributed by atoms with Crippen LogP contribution >= 0.6 is 46.3 Å². The molecule has 0 atom stereocenters. The summed E-state index contributed by atoms with van der Waals surface area (Å²) in [6.07, 6.45) is 0. The molecule has 140 valence electrons. The van der Waals surface area contributed by atoms with Crippen molar-refractivity contribution < 1.29 is 9.53 Å². The molecule has 2 N–H and O–H groups in total. The van der Waals surface area contributed by atoms with Gasteiger partial charge in [0.15, 0.2) is 4.34 Å². The second kappa shape index (κ2) is 9.80. The number of amides is 2. The van der Waals surface area contributed by atoms with E-state index in [4.69, 9.17) is 27.9 Å². The number of hydrogen-bond donors (Lipinski definition) is 2. The van der Waals surface area contributed by atoms with Gasteiger partial charge in [-0.25, -0.2) is 4.79 Å². The van der Waals surface area contributed by atoms with E-state index in [0.29, 0.717) is 27.5 Å². The van der Waals surface area contributed by atoms with Crippen molar-refractivity contribution in [1.29, 1.82) is 0 Å². The van der Waals surface area contributed by atoms with E-state index in [1.165, 1.54) is 23.1 Å². The lowest BCUT2D eigenvalue weighted by molar-refractivity contribution is 0.262. The summed E-state index contributed by atoms with van der Waals surface area (Å²) in [6.45, 7) is 0.550. The summed E-state index contributed by atoms with van der Waals surface area (Å²) < 4.78 is 6.37. The number of anilines is 2. The molecule has 0 aliphatic heterocycles. The number of ether oxygens (including phenoxy) is 1. The number of aromatic nitrogens is 2. The SMILES string of the molecule is O=C(Nc1ccc(Cl)c(Cl)c1)Nc1nnc(SCCOc2ccccc2)s1. The molecule has 2 aromatic carbocycles. The molecule has 3 rings (SSSR count). The average Bonchev–Trinajstić information content (AvgIpc) is 3.10. The van der Waals surface area contributed by atoms with E-state index < -0.39 is 6.03 Å². The molecular weight excluding hydrogens is 427 g/mol.